The smallest absolute Gasteiger partial charge is 0.251 e. The molecule has 0 aliphatic heterocycles. The average Bonchev–Trinajstić information content (AvgIpc) is 3.20. The van der Waals surface area contributed by atoms with Gasteiger partial charge in [0.05, 0.1) is 16.6 Å². The molecule has 0 aliphatic rings. The SMILES string of the molecule is CNC(=O)c1ccc2c(C)c(-c3nn(C(C)(C)C)c4ncnc(N)c34)[nH]c2c1. The number of carbonyl (C=O) groups excluding carboxylic acids is 1. The number of nitrogens with one attached hydrogen (secondary N) is 2. The summed E-state index contributed by atoms with van der Waals surface area (Å²) in [6.45, 7) is 8.22. The molecule has 0 saturated heterocycles. The standard InChI is InChI=1S/C20H23N7O/c1-10-12-7-6-11(19(28)22-5)8-13(12)25-15(10)16-14-17(21)23-9-24-18(14)27(26-16)20(2,3)4/h6-9,25H,1-5H3,(H,22,28)(H2,21,23,24). The van der Waals surface area contributed by atoms with E-state index in [1.54, 1.807) is 7.05 Å². The molecule has 0 aliphatic carbocycles. The molecule has 3 heterocycles. The van der Waals surface area contributed by atoms with Crippen LogP contribution < -0.4 is 11.1 Å². The van der Waals surface area contributed by atoms with Crippen molar-refractivity contribution in [3.63, 3.8) is 0 Å². The van der Waals surface area contributed by atoms with Gasteiger partial charge in [0, 0.05) is 23.5 Å². The van der Waals surface area contributed by atoms with E-state index in [0.29, 0.717) is 22.7 Å². The summed E-state index contributed by atoms with van der Waals surface area (Å²) in [4.78, 5) is 24.0. The third-order valence-corrected chi connectivity index (χ3v) is 4.91. The largest absolute Gasteiger partial charge is 0.383 e. The van der Waals surface area contributed by atoms with Gasteiger partial charge in [-0.1, -0.05) is 6.07 Å². The van der Waals surface area contributed by atoms with E-state index in [9.17, 15) is 4.79 Å². The molecule has 4 aromatic rings. The Morgan fingerprint density at radius 3 is 2.68 bits per heavy atom. The van der Waals surface area contributed by atoms with E-state index in [0.717, 1.165) is 27.5 Å². The lowest BCUT2D eigenvalue weighted by Gasteiger charge is -2.19. The summed E-state index contributed by atoms with van der Waals surface area (Å²) >= 11 is 0. The molecule has 0 bridgehead atoms. The molecule has 0 saturated carbocycles. The van der Waals surface area contributed by atoms with Crippen LogP contribution in [-0.2, 0) is 5.54 Å². The Kier molecular flexibility index (Phi) is 3.88. The van der Waals surface area contributed by atoms with E-state index in [1.807, 2.05) is 29.8 Å². The lowest BCUT2D eigenvalue weighted by Crippen LogP contribution is -2.23. The van der Waals surface area contributed by atoms with Crippen molar-refractivity contribution in [2.75, 3.05) is 12.8 Å². The first-order chi connectivity index (χ1) is 13.2. The molecule has 28 heavy (non-hydrogen) atoms. The Morgan fingerprint density at radius 1 is 1.25 bits per heavy atom. The number of benzene rings is 1. The van der Waals surface area contributed by atoms with Crippen molar-refractivity contribution in [3.05, 3.63) is 35.7 Å². The van der Waals surface area contributed by atoms with E-state index < -0.39 is 0 Å². The number of hydrogen-bond acceptors (Lipinski definition) is 5. The van der Waals surface area contributed by atoms with Crippen LogP contribution in [0.3, 0.4) is 0 Å². The second kappa shape index (κ2) is 6.05. The van der Waals surface area contributed by atoms with Crippen LogP contribution in [0.5, 0.6) is 0 Å². The highest BCUT2D eigenvalue weighted by Gasteiger charge is 2.25. The van der Waals surface area contributed by atoms with Crippen molar-refractivity contribution >= 4 is 33.7 Å². The van der Waals surface area contributed by atoms with Gasteiger partial charge in [-0.05, 0) is 45.4 Å². The molecule has 0 fully saturated rings. The molecule has 3 aromatic heterocycles. The lowest BCUT2D eigenvalue weighted by atomic mass is 10.1. The number of hydrogen-bond donors (Lipinski definition) is 3. The number of carbonyl (C=O) groups is 1. The van der Waals surface area contributed by atoms with Crippen LogP contribution in [0.15, 0.2) is 24.5 Å². The summed E-state index contributed by atoms with van der Waals surface area (Å²) in [5.41, 5.74) is 10.7. The van der Waals surface area contributed by atoms with Crippen LogP contribution >= 0.6 is 0 Å². The van der Waals surface area contributed by atoms with Gasteiger partial charge in [-0.3, -0.25) is 4.79 Å². The number of nitrogens with two attached hydrogens (primary N) is 1. The second-order valence-electron chi connectivity index (χ2n) is 7.85. The van der Waals surface area contributed by atoms with Crippen LogP contribution in [0, 0.1) is 6.92 Å². The Balaban J connectivity index is 2.02. The van der Waals surface area contributed by atoms with E-state index in [1.165, 1.54) is 6.33 Å². The van der Waals surface area contributed by atoms with Crippen LogP contribution in [0.25, 0.3) is 33.3 Å². The van der Waals surface area contributed by atoms with Crippen molar-refractivity contribution in [1.29, 1.82) is 0 Å². The van der Waals surface area contributed by atoms with E-state index >= 15 is 0 Å². The number of H-pyrrole nitrogens is 1. The summed E-state index contributed by atoms with van der Waals surface area (Å²) in [6, 6.07) is 5.60. The summed E-state index contributed by atoms with van der Waals surface area (Å²) in [6.07, 6.45) is 1.46. The summed E-state index contributed by atoms with van der Waals surface area (Å²) in [5, 5.41) is 9.24. The van der Waals surface area contributed by atoms with Crippen LogP contribution in [-0.4, -0.2) is 37.7 Å². The van der Waals surface area contributed by atoms with Gasteiger partial charge in [0.1, 0.15) is 17.8 Å². The fourth-order valence-electron chi connectivity index (χ4n) is 3.48. The zero-order valence-corrected chi connectivity index (χ0v) is 16.6. The van der Waals surface area contributed by atoms with Crippen LogP contribution in [0.1, 0.15) is 36.7 Å². The molecule has 0 spiro atoms. The molecule has 1 amide bonds. The molecular weight excluding hydrogens is 354 g/mol. The van der Waals surface area contributed by atoms with E-state index in [-0.39, 0.29) is 11.4 Å². The first-order valence-electron chi connectivity index (χ1n) is 9.07. The van der Waals surface area contributed by atoms with Crippen molar-refractivity contribution in [1.82, 2.24) is 30.0 Å². The van der Waals surface area contributed by atoms with Gasteiger partial charge in [0.2, 0.25) is 0 Å². The Hall–Kier alpha value is -3.42. The maximum atomic E-state index is 12.0. The fraction of sp³-hybridized carbons (Fsp3) is 0.300. The Labute approximate surface area is 162 Å². The third kappa shape index (κ3) is 2.60. The number of aryl methyl sites for hydroxylation is 1. The first kappa shape index (κ1) is 18.0. The molecular formula is C20H23N7O. The Bertz CT molecular complexity index is 1230. The highest BCUT2D eigenvalue weighted by molar-refractivity contribution is 6.03. The fourth-order valence-corrected chi connectivity index (χ4v) is 3.48. The zero-order valence-electron chi connectivity index (χ0n) is 16.6. The highest BCUT2D eigenvalue weighted by Crippen LogP contribution is 2.36. The predicted octanol–water partition coefficient (Wildman–Crippen LogP) is 2.98. The minimum absolute atomic E-state index is 0.129. The Morgan fingerprint density at radius 2 is 2.00 bits per heavy atom. The van der Waals surface area contributed by atoms with Gasteiger partial charge in [-0.15, -0.1) is 0 Å². The average molecular weight is 377 g/mol. The minimum Gasteiger partial charge on any atom is -0.383 e. The molecule has 1 aromatic carbocycles. The maximum absolute atomic E-state index is 12.0. The van der Waals surface area contributed by atoms with Gasteiger partial charge in [-0.2, -0.15) is 5.10 Å². The maximum Gasteiger partial charge on any atom is 0.251 e. The summed E-state index contributed by atoms with van der Waals surface area (Å²) < 4.78 is 1.87. The number of amides is 1. The molecule has 0 unspecified atom stereocenters. The summed E-state index contributed by atoms with van der Waals surface area (Å²) in [5.74, 6) is 0.260. The number of fused-ring (bicyclic) bond motifs is 2. The molecule has 4 rings (SSSR count). The molecule has 4 N–H and O–H groups in total. The molecule has 8 nitrogen and oxygen atoms in total. The minimum atomic E-state index is -0.274. The topological polar surface area (TPSA) is 115 Å². The lowest BCUT2D eigenvalue weighted by molar-refractivity contribution is 0.0963. The molecule has 0 atom stereocenters. The molecule has 8 heteroatoms. The van der Waals surface area contributed by atoms with Crippen molar-refractivity contribution < 1.29 is 4.79 Å². The number of aromatic amines is 1. The quantitative estimate of drug-likeness (QED) is 0.497. The van der Waals surface area contributed by atoms with Gasteiger partial charge in [-0.25, -0.2) is 14.6 Å². The van der Waals surface area contributed by atoms with E-state index in [4.69, 9.17) is 10.8 Å². The summed E-state index contributed by atoms with van der Waals surface area (Å²) in [7, 11) is 1.62. The van der Waals surface area contributed by atoms with Crippen molar-refractivity contribution in [2.24, 2.45) is 0 Å². The number of nitrogens with zero attached hydrogens (tertiary/aromatic N) is 4. The number of rotatable bonds is 2. The van der Waals surface area contributed by atoms with Crippen molar-refractivity contribution in [3.8, 4) is 11.4 Å². The van der Waals surface area contributed by atoms with Gasteiger partial charge in [0.25, 0.3) is 5.91 Å². The zero-order chi connectivity index (χ0) is 20.2. The number of anilines is 1. The van der Waals surface area contributed by atoms with Crippen LogP contribution in [0.2, 0.25) is 0 Å². The van der Waals surface area contributed by atoms with Gasteiger partial charge >= 0.3 is 0 Å². The monoisotopic (exact) mass is 377 g/mol. The van der Waals surface area contributed by atoms with E-state index in [2.05, 4.69) is 41.0 Å². The molecule has 0 radical (unpaired) electrons. The van der Waals surface area contributed by atoms with Crippen molar-refractivity contribution in [2.45, 2.75) is 33.2 Å². The van der Waals surface area contributed by atoms with Gasteiger partial charge < -0.3 is 16.0 Å². The number of aromatic nitrogens is 5. The highest BCUT2D eigenvalue weighted by atomic mass is 16.1. The first-order valence-corrected chi connectivity index (χ1v) is 9.07. The third-order valence-electron chi connectivity index (χ3n) is 4.91. The normalized spacial score (nSPS) is 12.0. The second-order valence-corrected chi connectivity index (χ2v) is 7.85. The predicted molar refractivity (Wildman–Crippen MR) is 110 cm³/mol. The number of nitrogen functional groups attached to an aromatic ring is 1. The van der Waals surface area contributed by atoms with Gasteiger partial charge in [0.15, 0.2) is 5.65 Å². The molecule has 144 valence electrons. The van der Waals surface area contributed by atoms with Crippen LogP contribution in [0.4, 0.5) is 5.82 Å².